The van der Waals surface area contributed by atoms with E-state index < -0.39 is 22.6 Å². The first-order valence-corrected chi connectivity index (χ1v) is 8.39. The van der Waals surface area contributed by atoms with Crippen LogP contribution in [0.2, 0.25) is 5.02 Å². The van der Waals surface area contributed by atoms with Crippen LogP contribution in [0.1, 0.15) is 11.1 Å². The Balaban J connectivity index is 1.62. The van der Waals surface area contributed by atoms with E-state index in [0.717, 1.165) is 12.1 Å². The van der Waals surface area contributed by atoms with E-state index in [1.54, 1.807) is 24.3 Å². The minimum absolute atomic E-state index is 0.162. The van der Waals surface area contributed by atoms with Crippen LogP contribution in [0.3, 0.4) is 0 Å². The molecular weight excluding hydrogens is 381 g/mol. The zero-order valence-electron chi connectivity index (χ0n) is 13.9. The molecule has 4 nitrogen and oxygen atoms in total. The Morgan fingerprint density at radius 3 is 2.04 bits per heavy atom. The smallest absolute Gasteiger partial charge is 0.380 e. The minimum Gasteiger partial charge on any atom is -0.380 e. The van der Waals surface area contributed by atoms with Crippen LogP contribution in [-0.4, -0.2) is 6.54 Å². The largest absolute Gasteiger partial charge is 0.416 e. The fourth-order valence-corrected chi connectivity index (χ4v) is 2.68. The van der Waals surface area contributed by atoms with Crippen molar-refractivity contribution in [3.63, 3.8) is 0 Å². The molecule has 0 radical (unpaired) electrons. The van der Waals surface area contributed by atoms with Crippen molar-refractivity contribution >= 4 is 28.7 Å². The number of anilines is 3. The van der Waals surface area contributed by atoms with E-state index >= 15 is 0 Å². The first-order valence-electron chi connectivity index (χ1n) is 8.01. The lowest BCUT2D eigenvalue weighted by molar-refractivity contribution is -0.137. The normalized spacial score (nSPS) is 11.6. The molecule has 0 saturated heterocycles. The Kier molecular flexibility index (Phi) is 5.23. The summed E-state index contributed by atoms with van der Waals surface area (Å²) in [6.07, 6.45) is -3.97. The number of benzene rings is 2. The van der Waals surface area contributed by atoms with Crippen molar-refractivity contribution < 1.29 is 13.2 Å². The van der Waals surface area contributed by atoms with Gasteiger partial charge in [0, 0.05) is 17.3 Å². The highest BCUT2D eigenvalue weighted by Gasteiger charge is 2.29. The summed E-state index contributed by atoms with van der Waals surface area (Å²) in [6, 6.07) is 11.4. The van der Waals surface area contributed by atoms with E-state index in [1.807, 2.05) is 0 Å². The minimum atomic E-state index is -4.37. The van der Waals surface area contributed by atoms with Gasteiger partial charge in [-0.2, -0.15) is 13.2 Å². The van der Waals surface area contributed by atoms with E-state index in [-0.39, 0.29) is 11.4 Å². The summed E-state index contributed by atoms with van der Waals surface area (Å²) in [5.74, 6) is 0. The summed E-state index contributed by atoms with van der Waals surface area (Å²) in [7, 11) is 0. The van der Waals surface area contributed by atoms with Crippen LogP contribution in [0.4, 0.5) is 30.2 Å². The summed E-state index contributed by atoms with van der Waals surface area (Å²) in [5, 5.41) is 6.29. The molecule has 27 heavy (non-hydrogen) atoms. The Bertz CT molecular complexity index is 1010. The molecule has 0 unspecified atom stereocenters. The van der Waals surface area contributed by atoms with Crippen molar-refractivity contribution in [2.45, 2.75) is 12.6 Å². The van der Waals surface area contributed by atoms with Crippen LogP contribution in [-0.2, 0) is 12.6 Å². The van der Waals surface area contributed by atoms with Gasteiger partial charge in [-0.15, -0.1) is 0 Å². The van der Waals surface area contributed by atoms with Gasteiger partial charge in [0.25, 0.3) is 10.9 Å². The average molecular weight is 395 g/mol. The Hall–Kier alpha value is -2.80. The van der Waals surface area contributed by atoms with E-state index in [0.29, 0.717) is 29.2 Å². The van der Waals surface area contributed by atoms with Gasteiger partial charge in [0.2, 0.25) is 0 Å². The molecule has 0 bridgehead atoms. The Morgan fingerprint density at radius 2 is 1.44 bits per heavy atom. The lowest BCUT2D eigenvalue weighted by atomic mass is 10.1. The number of alkyl halides is 3. The van der Waals surface area contributed by atoms with Gasteiger partial charge in [0.1, 0.15) is 11.4 Å². The monoisotopic (exact) mass is 394 g/mol. The molecule has 0 aromatic heterocycles. The molecule has 0 amide bonds. The quantitative estimate of drug-likeness (QED) is 0.610. The SMILES string of the molecule is O=c1c(NCCc2ccc(C(F)(F)F)cc2)c(Nc2ccc(Cl)cc2)c1=O. The van der Waals surface area contributed by atoms with E-state index in [1.165, 1.54) is 12.1 Å². The third kappa shape index (κ3) is 4.31. The summed E-state index contributed by atoms with van der Waals surface area (Å²) in [6.45, 7) is 0.297. The van der Waals surface area contributed by atoms with Gasteiger partial charge in [0.05, 0.1) is 5.56 Å². The predicted molar refractivity (Wildman–Crippen MR) is 99.7 cm³/mol. The lowest BCUT2D eigenvalue weighted by Crippen LogP contribution is -2.37. The van der Waals surface area contributed by atoms with Gasteiger partial charge in [-0.1, -0.05) is 23.7 Å². The molecule has 3 aromatic carbocycles. The summed E-state index contributed by atoms with van der Waals surface area (Å²) in [4.78, 5) is 23.5. The number of nitrogens with one attached hydrogen (secondary N) is 2. The predicted octanol–water partition coefficient (Wildman–Crippen LogP) is 4.35. The molecular formula is C19H14ClF3N2O2. The summed E-state index contributed by atoms with van der Waals surface area (Å²) < 4.78 is 37.7. The Morgan fingerprint density at radius 1 is 0.852 bits per heavy atom. The highest BCUT2D eigenvalue weighted by atomic mass is 35.5. The van der Waals surface area contributed by atoms with Crippen molar-refractivity contribution in [1.29, 1.82) is 0 Å². The highest BCUT2D eigenvalue weighted by Crippen LogP contribution is 2.29. The molecule has 3 rings (SSSR count). The van der Waals surface area contributed by atoms with Gasteiger partial charge < -0.3 is 10.6 Å². The summed E-state index contributed by atoms with van der Waals surface area (Å²) in [5.41, 5.74) is -0.340. The van der Waals surface area contributed by atoms with Gasteiger partial charge in [0.15, 0.2) is 0 Å². The molecule has 0 fully saturated rings. The molecule has 0 spiro atoms. The second-order valence-corrected chi connectivity index (χ2v) is 6.35. The highest BCUT2D eigenvalue weighted by molar-refractivity contribution is 6.30. The Labute approximate surface area is 157 Å². The van der Waals surface area contributed by atoms with Crippen LogP contribution in [0.15, 0.2) is 58.1 Å². The first kappa shape index (κ1) is 19.0. The van der Waals surface area contributed by atoms with Gasteiger partial charge in [-0.3, -0.25) is 9.59 Å². The van der Waals surface area contributed by atoms with Crippen molar-refractivity contribution in [3.05, 3.63) is 85.1 Å². The van der Waals surface area contributed by atoms with Crippen LogP contribution < -0.4 is 21.5 Å². The fraction of sp³-hybridized carbons (Fsp3) is 0.158. The van der Waals surface area contributed by atoms with Crippen LogP contribution in [0, 0.1) is 0 Å². The maximum atomic E-state index is 12.6. The average Bonchev–Trinajstić information content (AvgIpc) is 2.64. The second kappa shape index (κ2) is 7.44. The molecule has 0 atom stereocenters. The number of halogens is 4. The number of hydrogen-bond donors (Lipinski definition) is 2. The molecule has 0 aliphatic carbocycles. The van der Waals surface area contributed by atoms with E-state index in [9.17, 15) is 22.8 Å². The summed E-state index contributed by atoms with van der Waals surface area (Å²) >= 11 is 5.80. The molecule has 0 saturated carbocycles. The van der Waals surface area contributed by atoms with E-state index in [4.69, 9.17) is 11.6 Å². The lowest BCUT2D eigenvalue weighted by Gasteiger charge is -2.15. The van der Waals surface area contributed by atoms with Crippen molar-refractivity contribution in [3.8, 4) is 0 Å². The van der Waals surface area contributed by atoms with Gasteiger partial charge in [-0.25, -0.2) is 0 Å². The molecule has 0 heterocycles. The first-order chi connectivity index (χ1) is 12.8. The third-order valence-electron chi connectivity index (χ3n) is 4.02. The molecule has 140 valence electrons. The van der Waals surface area contributed by atoms with Crippen molar-refractivity contribution in [1.82, 2.24) is 0 Å². The van der Waals surface area contributed by atoms with Crippen LogP contribution >= 0.6 is 11.6 Å². The standard InChI is InChI=1S/C19H14ClF3N2O2/c20-13-5-7-14(8-6-13)25-16-15(17(26)18(16)27)24-10-9-11-1-3-12(4-2-11)19(21,22)23/h1-8,24-25H,9-10H2. The maximum Gasteiger partial charge on any atom is 0.416 e. The van der Waals surface area contributed by atoms with Gasteiger partial charge in [-0.05, 0) is 48.4 Å². The molecule has 8 heteroatoms. The molecule has 2 N–H and O–H groups in total. The zero-order chi connectivity index (χ0) is 19.6. The van der Waals surface area contributed by atoms with Crippen molar-refractivity contribution in [2.75, 3.05) is 17.2 Å². The topological polar surface area (TPSA) is 58.2 Å². The van der Waals surface area contributed by atoms with Crippen molar-refractivity contribution in [2.24, 2.45) is 0 Å². The third-order valence-corrected chi connectivity index (χ3v) is 4.27. The number of rotatable bonds is 6. The zero-order valence-corrected chi connectivity index (χ0v) is 14.6. The maximum absolute atomic E-state index is 12.6. The van der Waals surface area contributed by atoms with E-state index in [2.05, 4.69) is 10.6 Å². The molecule has 3 aromatic rings. The van der Waals surface area contributed by atoms with Crippen LogP contribution in [0.5, 0.6) is 0 Å². The molecule has 0 aliphatic heterocycles. The van der Waals surface area contributed by atoms with Gasteiger partial charge >= 0.3 is 6.18 Å². The molecule has 0 aliphatic rings. The van der Waals surface area contributed by atoms with Crippen LogP contribution in [0.25, 0.3) is 0 Å². The fourth-order valence-electron chi connectivity index (χ4n) is 2.55. The number of hydrogen-bond acceptors (Lipinski definition) is 4. The second-order valence-electron chi connectivity index (χ2n) is 5.91.